The molecule has 9 aromatic rings. The first-order valence-electron chi connectivity index (χ1n) is 49.4. The second-order valence-corrected chi connectivity index (χ2v) is 34.5. The third kappa shape index (κ3) is 34.1. The number of carboxylic acids is 1. The van der Waals surface area contributed by atoms with E-state index >= 15 is 0 Å². The van der Waals surface area contributed by atoms with E-state index in [1.165, 1.54) is 60.3 Å². The fourth-order valence-electron chi connectivity index (χ4n) is 17.5. The van der Waals surface area contributed by atoms with Crippen LogP contribution in [0.2, 0.25) is 0 Å². The van der Waals surface area contributed by atoms with E-state index in [0.717, 1.165) is 206 Å². The summed E-state index contributed by atoms with van der Waals surface area (Å²) in [5.74, 6) is 1.19. The molecule has 7 N–H and O–H groups in total. The van der Waals surface area contributed by atoms with Crippen LogP contribution in [0.5, 0.6) is 28.7 Å². The highest BCUT2D eigenvalue weighted by atomic mass is 16.5. The molecule has 5 unspecified atom stereocenters. The van der Waals surface area contributed by atoms with Gasteiger partial charge in [0.1, 0.15) is 28.7 Å². The van der Waals surface area contributed by atoms with Gasteiger partial charge in [0.05, 0.1) is 166 Å². The number of para-hydroxylation sites is 10. The molecule has 5 amide bonds. The summed E-state index contributed by atoms with van der Waals surface area (Å²) in [5.41, 5.74) is 37.8. The minimum absolute atomic E-state index is 0.0297. The molecule has 5 fully saturated rings. The highest BCUT2D eigenvalue weighted by molar-refractivity contribution is 6.35. The van der Waals surface area contributed by atoms with Gasteiger partial charge in [-0.1, -0.05) is 82.9 Å². The maximum atomic E-state index is 13.0. The lowest BCUT2D eigenvalue weighted by molar-refractivity contribution is 0.0318. The molecule has 0 bridgehead atoms. The zero-order chi connectivity index (χ0) is 105. The molecular weight excluding hydrogens is 1880 g/mol. The van der Waals surface area contributed by atoms with Crippen LogP contribution < -0.4 is 74.4 Å². The Morgan fingerprint density at radius 3 is 1.07 bits per heavy atom. The molecule has 42 heteroatoms. The van der Waals surface area contributed by atoms with E-state index in [9.17, 15) is 33.9 Å². The van der Waals surface area contributed by atoms with Crippen LogP contribution in [-0.2, 0) is 14.2 Å². The Labute approximate surface area is 858 Å². The van der Waals surface area contributed by atoms with E-state index in [-0.39, 0.29) is 65.1 Å². The number of aliphatic hydroxyl groups excluding tert-OH is 2. The molecule has 0 saturated carbocycles. The molecule has 5 atom stereocenters. The number of methoxy groups -OCH3 is 5. The van der Waals surface area contributed by atoms with Crippen molar-refractivity contribution in [3.8, 4) is 28.7 Å². The number of carbonyl (C=O) groups excluding carboxylic acids is 5. The smallest absolute Gasteiger partial charge is 0.335 e. The summed E-state index contributed by atoms with van der Waals surface area (Å²) in [6.45, 7) is 33.2. The molecular formula is C105H139N25O17. The number of carbonyl (C=O) groups is 6. The van der Waals surface area contributed by atoms with Crippen molar-refractivity contribution in [3.63, 3.8) is 0 Å². The Balaban J connectivity index is 0.000000183. The Morgan fingerprint density at radius 1 is 0.401 bits per heavy atom. The minimum atomic E-state index is -1.15. The number of aliphatic hydroxyl groups is 2. The maximum Gasteiger partial charge on any atom is 0.335 e. The molecule has 0 radical (unpaired) electrons. The number of pyridine rings is 2. The van der Waals surface area contributed by atoms with E-state index in [2.05, 4.69) is 137 Å². The van der Waals surface area contributed by atoms with Crippen molar-refractivity contribution in [2.45, 2.75) is 64.6 Å². The number of imide groups is 2. The number of fused-ring (bicyclic) bond motifs is 2. The Morgan fingerprint density at radius 2 is 0.721 bits per heavy atom. The topological polar surface area (TPSA) is 495 Å². The number of rotatable bonds is 38. The normalized spacial score (nSPS) is 16.1. The lowest BCUT2D eigenvalue weighted by Gasteiger charge is -2.38. The number of hydrogen-bond donors (Lipinski definition) is 6. The van der Waals surface area contributed by atoms with E-state index in [1.54, 1.807) is 72.1 Å². The van der Waals surface area contributed by atoms with Gasteiger partial charge < -0.3 is 94.1 Å². The summed E-state index contributed by atoms with van der Waals surface area (Å²) < 4.78 is 44.4. The number of benzene rings is 7. The number of aromatic nitrogens is 2. The third-order valence-electron chi connectivity index (χ3n) is 25.2. The number of aromatic carboxylic acids is 1. The number of anilines is 7. The quantitative estimate of drug-likeness (QED) is 0.00906. The number of piperazine rings is 5. The van der Waals surface area contributed by atoms with Crippen molar-refractivity contribution in [2.24, 2.45) is 21.1 Å². The van der Waals surface area contributed by atoms with Gasteiger partial charge in [-0.25, -0.2) is 14.6 Å². The number of nitrogens with two attached hydrogens (primary N) is 1. The standard InChI is InChI=1S/C30H33N5O5.C16H25N5O2.C16H27N3O2.C14H21N5O2.C14H8N2O4.C11H16N2O.C4H9N3O/c1-3-40-23(20-33-13-15-34(16-14-33)26-8-4-5-9-27(26)39-2)19-32-28(36)21-10-11-24-25(17-21)30(38)35(29(24)37)22-7-6-12-31-18-22;1-3-23-14(12-18-19-17)13-20-8-10-21(11-9-20)15-6-4-5-7-16(15)22-2;1-3-21-14(12-17)13-18-8-10-19(11-9-18)15-6-4-5-7-16(15)20-2;1-21-14-5-3-2-4-13(14)19-8-6-18(7-9-19)11-12(20)10-16-17-15;17-12-10-4-3-8(14(19)20)6-11(10)13(18)16(12)9-2-1-5-15-7-9;1-14-11-5-3-2-4-10(11)13-8-6-12-7-9-13;1-2-4(8)3-6-7-5/h4-12,17-18,23H,3,13-16,19-20H2,1-2H3,(H,32,36);4-7,14H,3,8-13H2,1-2H3;4-7,14H,3,8-13,17H2,1-2H3;2-5,12,20H,6-11H2,1H3;1-7H,(H,19,20);2-5,12H,6-9H2,1H3;4,8H,2-3H2,1H3. The summed E-state index contributed by atoms with van der Waals surface area (Å²) in [7, 11) is 8.52. The second-order valence-electron chi connectivity index (χ2n) is 34.5. The van der Waals surface area contributed by atoms with Crippen molar-refractivity contribution < 1.29 is 82.0 Å². The van der Waals surface area contributed by atoms with Gasteiger partial charge in [-0.15, -0.1) is 0 Å². The number of nitrogens with one attached hydrogen (secondary N) is 2. The zero-order valence-corrected chi connectivity index (χ0v) is 85.3. The number of carboxylic acid groups (broad SMARTS) is 1. The lowest BCUT2D eigenvalue weighted by Crippen LogP contribution is -2.50. The highest BCUT2D eigenvalue weighted by Gasteiger charge is 2.40. The molecule has 7 aliphatic rings. The molecule has 786 valence electrons. The molecule has 2 aromatic heterocycles. The number of nitrogens with zero attached hydrogens (tertiary/aromatic N) is 22. The van der Waals surface area contributed by atoms with Crippen LogP contribution in [0.3, 0.4) is 0 Å². The van der Waals surface area contributed by atoms with Gasteiger partial charge in [0.15, 0.2) is 0 Å². The van der Waals surface area contributed by atoms with Gasteiger partial charge in [0, 0.05) is 223 Å². The summed E-state index contributed by atoms with van der Waals surface area (Å²) >= 11 is 0. The van der Waals surface area contributed by atoms with Crippen molar-refractivity contribution in [1.29, 1.82) is 0 Å². The average molecular weight is 2020 g/mol. The number of β-amino-alcohol motifs (C(OH)–C–C–N with tert-alkyl or cyclic N) is 1. The van der Waals surface area contributed by atoms with Gasteiger partial charge >= 0.3 is 5.97 Å². The van der Waals surface area contributed by atoms with Crippen LogP contribution in [0.4, 0.5) is 39.8 Å². The van der Waals surface area contributed by atoms with E-state index in [0.29, 0.717) is 69.3 Å². The lowest BCUT2D eigenvalue weighted by atomic mass is 10.1. The van der Waals surface area contributed by atoms with Crippen molar-refractivity contribution in [1.82, 2.24) is 40.2 Å². The average Bonchev–Trinajstić information content (AvgIpc) is 1.62. The van der Waals surface area contributed by atoms with Crippen LogP contribution in [0, 0.1) is 0 Å². The fraction of sp³-hybridized carbons (Fsp3) is 0.448. The van der Waals surface area contributed by atoms with Gasteiger partial charge in [-0.05, 0) is 165 Å². The van der Waals surface area contributed by atoms with Gasteiger partial charge in [-0.3, -0.25) is 53.5 Å². The number of azide groups is 3. The predicted octanol–water partition coefficient (Wildman–Crippen LogP) is 11.8. The van der Waals surface area contributed by atoms with Crippen LogP contribution in [0.15, 0.2) is 222 Å². The molecule has 5 saturated heterocycles. The highest BCUT2D eigenvalue weighted by Crippen LogP contribution is 2.36. The van der Waals surface area contributed by atoms with E-state index in [1.807, 2.05) is 107 Å². The summed E-state index contributed by atoms with van der Waals surface area (Å²) in [4.78, 5) is 113. The second kappa shape index (κ2) is 61.7. The van der Waals surface area contributed by atoms with Crippen molar-refractivity contribution in [2.75, 3.05) is 279 Å². The van der Waals surface area contributed by atoms with Gasteiger partial charge in [0.2, 0.25) is 0 Å². The molecule has 9 heterocycles. The van der Waals surface area contributed by atoms with Gasteiger partial charge in [0.25, 0.3) is 29.5 Å². The van der Waals surface area contributed by atoms with E-state index in [4.69, 9.17) is 70.4 Å². The van der Waals surface area contributed by atoms with Crippen molar-refractivity contribution >= 4 is 75.3 Å². The van der Waals surface area contributed by atoms with Crippen LogP contribution in [-0.4, -0.2) is 356 Å². The molecule has 0 spiro atoms. The first kappa shape index (κ1) is 114. The first-order chi connectivity index (χ1) is 71.6. The zero-order valence-electron chi connectivity index (χ0n) is 85.3. The molecule has 0 aliphatic carbocycles. The summed E-state index contributed by atoms with van der Waals surface area (Å²) in [5, 5.41) is 43.9. The van der Waals surface area contributed by atoms with Crippen molar-refractivity contribution in [3.05, 3.63) is 271 Å². The number of ether oxygens (including phenoxy) is 8. The fourth-order valence-corrected chi connectivity index (χ4v) is 17.5. The molecule has 16 rings (SSSR count). The molecule has 42 nitrogen and oxygen atoms in total. The maximum absolute atomic E-state index is 13.0. The third-order valence-corrected chi connectivity index (χ3v) is 25.2. The van der Waals surface area contributed by atoms with Crippen LogP contribution in [0.25, 0.3) is 31.3 Å². The minimum Gasteiger partial charge on any atom is -0.495 e. The predicted molar refractivity (Wildman–Crippen MR) is 567 cm³/mol. The van der Waals surface area contributed by atoms with Crippen LogP contribution >= 0.6 is 0 Å². The largest absolute Gasteiger partial charge is 0.495 e. The summed E-state index contributed by atoms with van der Waals surface area (Å²) in [6, 6.07) is 55.5. The van der Waals surface area contributed by atoms with Crippen LogP contribution in [0.1, 0.15) is 96.3 Å². The number of hydrogen-bond acceptors (Lipinski definition) is 32. The number of amides is 5. The van der Waals surface area contributed by atoms with Gasteiger partial charge in [-0.2, -0.15) is 0 Å². The first-order valence-corrected chi connectivity index (χ1v) is 49.4. The molecule has 7 aromatic carbocycles. The SMILES string of the molecule is CCC(O)CN=[N+]=[N-].CCOC(CN)CN1CCN(c2ccccc2OC)CC1.CCOC(CN=[N+]=[N-])CN1CCN(c2ccccc2OC)CC1.CCOC(CNC(=O)c1ccc2c(c1)C(=O)N(c1cccnc1)C2=O)CN1CCN(c2ccccc2OC)CC1.COc1ccccc1N1CCN(CC(O)CN=[N+]=[N-])CC1.COc1ccccc1N1CCNCC1.O=C(O)c1ccc2c(c1)C(=O)N(c1cccnc1)C2=O. The Hall–Kier alpha value is -14.5. The molecule has 7 aliphatic heterocycles. The monoisotopic (exact) mass is 2020 g/mol. The molecule has 147 heavy (non-hydrogen) atoms. The van der Waals surface area contributed by atoms with E-state index < -0.39 is 41.8 Å². The summed E-state index contributed by atoms with van der Waals surface area (Å²) in [6.07, 6.45) is 5.46. The Kier molecular flexibility index (Phi) is 48.1. The Bertz CT molecular complexity index is 5750.